The van der Waals surface area contributed by atoms with E-state index in [4.69, 9.17) is 16.3 Å². The molecule has 4 nitrogen and oxygen atoms in total. The Balaban J connectivity index is 0.00000264. The van der Waals surface area contributed by atoms with Gasteiger partial charge in [-0.15, -0.1) is 24.0 Å². The molecule has 0 aliphatic heterocycles. The van der Waals surface area contributed by atoms with Gasteiger partial charge in [0.15, 0.2) is 5.96 Å². The average molecular weight is 452 g/mol. The van der Waals surface area contributed by atoms with Gasteiger partial charge < -0.3 is 15.0 Å². The molecule has 0 bridgehead atoms. The minimum Gasteiger partial charge on any atom is -0.379 e. The first kappa shape index (κ1) is 20.5. The topological polar surface area (TPSA) is 36.9 Å². The third-order valence-corrected chi connectivity index (χ3v) is 4.20. The van der Waals surface area contributed by atoms with E-state index in [1.807, 2.05) is 25.2 Å². The first-order chi connectivity index (χ1) is 10.7. The lowest BCUT2D eigenvalue weighted by molar-refractivity contribution is 0.115. The fraction of sp³-hybridized carbons (Fsp3) is 0.588. The Morgan fingerprint density at radius 3 is 2.78 bits per heavy atom. The van der Waals surface area contributed by atoms with Crippen molar-refractivity contribution in [1.82, 2.24) is 10.2 Å². The van der Waals surface area contributed by atoms with Crippen LogP contribution in [0.5, 0.6) is 0 Å². The number of rotatable bonds is 8. The summed E-state index contributed by atoms with van der Waals surface area (Å²) in [7, 11) is 3.84. The summed E-state index contributed by atoms with van der Waals surface area (Å²) in [4.78, 5) is 6.41. The maximum atomic E-state index is 6.17. The van der Waals surface area contributed by atoms with E-state index >= 15 is 0 Å². The molecule has 1 saturated carbocycles. The highest BCUT2D eigenvalue weighted by Gasteiger charge is 2.21. The van der Waals surface area contributed by atoms with E-state index in [9.17, 15) is 0 Å². The van der Waals surface area contributed by atoms with E-state index < -0.39 is 0 Å². The number of nitrogens with zero attached hydrogens (tertiary/aromatic N) is 2. The fourth-order valence-corrected chi connectivity index (χ4v) is 2.47. The Kier molecular flexibility index (Phi) is 9.90. The van der Waals surface area contributed by atoms with Gasteiger partial charge in [-0.3, -0.25) is 4.99 Å². The van der Waals surface area contributed by atoms with Crippen LogP contribution in [-0.4, -0.2) is 51.3 Å². The largest absolute Gasteiger partial charge is 0.379 e. The average Bonchev–Trinajstić information content (AvgIpc) is 3.34. The lowest BCUT2D eigenvalue weighted by atomic mass is 10.1. The van der Waals surface area contributed by atoms with Crippen LogP contribution >= 0.6 is 35.6 Å². The molecule has 2 rings (SSSR count). The number of likely N-dealkylation sites (N-methyl/N-ethyl adjacent to an activating group) is 1. The molecule has 0 heterocycles. The van der Waals surface area contributed by atoms with Crippen molar-refractivity contribution in [1.29, 1.82) is 0 Å². The first-order valence-electron chi connectivity index (χ1n) is 7.93. The highest BCUT2D eigenvalue weighted by atomic mass is 127. The van der Waals surface area contributed by atoms with E-state index in [2.05, 4.69) is 21.3 Å². The molecule has 6 heteroatoms. The van der Waals surface area contributed by atoms with Gasteiger partial charge in [-0.1, -0.05) is 29.8 Å². The van der Waals surface area contributed by atoms with Gasteiger partial charge in [-0.25, -0.2) is 0 Å². The van der Waals surface area contributed by atoms with Crippen molar-refractivity contribution in [2.75, 3.05) is 40.4 Å². The van der Waals surface area contributed by atoms with Crippen LogP contribution in [0, 0.1) is 5.92 Å². The number of guanidine groups is 1. The van der Waals surface area contributed by atoms with Crippen LogP contribution in [-0.2, 0) is 11.2 Å². The molecule has 1 aliphatic rings. The van der Waals surface area contributed by atoms with E-state index in [1.54, 1.807) is 7.05 Å². The van der Waals surface area contributed by atoms with Gasteiger partial charge in [0, 0.05) is 38.8 Å². The quantitative estimate of drug-likeness (QED) is 0.285. The van der Waals surface area contributed by atoms with Crippen molar-refractivity contribution in [3.05, 3.63) is 34.9 Å². The number of ether oxygens (including phenoxy) is 1. The van der Waals surface area contributed by atoms with Crippen LogP contribution in [0.15, 0.2) is 29.3 Å². The van der Waals surface area contributed by atoms with Crippen LogP contribution in [0.4, 0.5) is 0 Å². The smallest absolute Gasteiger partial charge is 0.193 e. The van der Waals surface area contributed by atoms with Crippen LogP contribution < -0.4 is 5.32 Å². The second-order valence-corrected chi connectivity index (χ2v) is 6.16. The molecule has 1 N–H and O–H groups in total. The molecule has 0 aromatic heterocycles. The van der Waals surface area contributed by atoms with Gasteiger partial charge >= 0.3 is 0 Å². The fourth-order valence-electron chi connectivity index (χ4n) is 2.24. The van der Waals surface area contributed by atoms with Gasteiger partial charge in [0.2, 0.25) is 0 Å². The zero-order valence-electron chi connectivity index (χ0n) is 13.9. The predicted molar refractivity (Wildman–Crippen MR) is 108 cm³/mol. The monoisotopic (exact) mass is 451 g/mol. The summed E-state index contributed by atoms with van der Waals surface area (Å²) in [6.07, 6.45) is 3.55. The summed E-state index contributed by atoms with van der Waals surface area (Å²) in [6.45, 7) is 3.31. The molecule has 0 atom stereocenters. The molecule has 0 radical (unpaired) electrons. The van der Waals surface area contributed by atoms with Gasteiger partial charge in [-0.2, -0.15) is 0 Å². The molecule has 0 spiro atoms. The molecule has 23 heavy (non-hydrogen) atoms. The Hall–Kier alpha value is -0.530. The Labute approximate surface area is 161 Å². The van der Waals surface area contributed by atoms with Gasteiger partial charge in [0.25, 0.3) is 0 Å². The molecule has 1 aliphatic carbocycles. The highest BCUT2D eigenvalue weighted by Crippen LogP contribution is 2.28. The van der Waals surface area contributed by atoms with Crippen LogP contribution in [0.2, 0.25) is 5.02 Å². The molecule has 1 fully saturated rings. The van der Waals surface area contributed by atoms with Crippen molar-refractivity contribution in [2.45, 2.75) is 19.3 Å². The van der Waals surface area contributed by atoms with Gasteiger partial charge in [-0.05, 0) is 36.8 Å². The summed E-state index contributed by atoms with van der Waals surface area (Å²) in [6, 6.07) is 7.95. The van der Waals surface area contributed by atoms with Crippen LogP contribution in [0.25, 0.3) is 0 Å². The molecular weight excluding hydrogens is 425 g/mol. The molecule has 0 unspecified atom stereocenters. The lowest BCUT2D eigenvalue weighted by Crippen LogP contribution is -2.41. The molecule has 1 aromatic carbocycles. The third-order valence-electron chi connectivity index (χ3n) is 3.83. The number of nitrogens with one attached hydrogen (secondary N) is 1. The predicted octanol–water partition coefficient (Wildman–Crippen LogP) is 3.43. The Morgan fingerprint density at radius 2 is 2.13 bits per heavy atom. The molecule has 130 valence electrons. The molecule has 1 aromatic rings. The number of halogens is 2. The molecule has 0 saturated heterocycles. The van der Waals surface area contributed by atoms with Gasteiger partial charge in [0.1, 0.15) is 0 Å². The lowest BCUT2D eigenvalue weighted by Gasteiger charge is -2.22. The number of benzene rings is 1. The summed E-state index contributed by atoms with van der Waals surface area (Å²) in [5.41, 5.74) is 1.16. The molecule has 0 amide bonds. The minimum absolute atomic E-state index is 0. The van der Waals surface area contributed by atoms with E-state index in [-0.39, 0.29) is 24.0 Å². The number of aliphatic imine (C=N–C) groups is 1. The zero-order chi connectivity index (χ0) is 15.8. The summed E-state index contributed by atoms with van der Waals surface area (Å²) < 4.78 is 5.67. The van der Waals surface area contributed by atoms with Crippen LogP contribution in [0.1, 0.15) is 18.4 Å². The van der Waals surface area contributed by atoms with E-state index in [0.29, 0.717) is 0 Å². The second kappa shape index (κ2) is 11.1. The normalized spacial score (nSPS) is 14.3. The number of hydrogen-bond acceptors (Lipinski definition) is 2. The summed E-state index contributed by atoms with van der Waals surface area (Å²) in [5.74, 6) is 1.71. The van der Waals surface area contributed by atoms with Crippen molar-refractivity contribution in [3.63, 3.8) is 0 Å². The van der Waals surface area contributed by atoms with Crippen molar-refractivity contribution in [3.8, 4) is 0 Å². The standard InChI is InChI=1S/C17H26ClN3O.HI/c1-19-17(21(2)11-12-22-13-14-7-8-14)20-10-9-15-5-3-4-6-16(15)18;/h3-6,14H,7-13H2,1-2H3,(H,19,20);1H. The molecular formula is C17H27ClIN3O. The van der Waals surface area contributed by atoms with E-state index in [1.165, 1.54) is 12.8 Å². The SMILES string of the molecule is CN=C(NCCc1ccccc1Cl)N(C)CCOCC1CC1.I. The zero-order valence-corrected chi connectivity index (χ0v) is 17.0. The second-order valence-electron chi connectivity index (χ2n) is 5.76. The van der Waals surface area contributed by atoms with E-state index in [0.717, 1.165) is 55.2 Å². The van der Waals surface area contributed by atoms with Gasteiger partial charge in [0.05, 0.1) is 6.61 Å². The summed E-state index contributed by atoms with van der Waals surface area (Å²) in [5, 5.41) is 4.19. The van der Waals surface area contributed by atoms with Crippen molar-refractivity contribution >= 4 is 41.5 Å². The van der Waals surface area contributed by atoms with Crippen molar-refractivity contribution in [2.24, 2.45) is 10.9 Å². The highest BCUT2D eigenvalue weighted by molar-refractivity contribution is 14.0. The maximum absolute atomic E-state index is 6.17. The third kappa shape index (κ3) is 7.72. The van der Waals surface area contributed by atoms with Crippen LogP contribution in [0.3, 0.4) is 0 Å². The summed E-state index contributed by atoms with van der Waals surface area (Å²) >= 11 is 6.17. The Morgan fingerprint density at radius 1 is 1.39 bits per heavy atom. The first-order valence-corrected chi connectivity index (χ1v) is 8.31. The number of hydrogen-bond donors (Lipinski definition) is 1. The van der Waals surface area contributed by atoms with Crippen molar-refractivity contribution < 1.29 is 4.74 Å². The minimum atomic E-state index is 0. The maximum Gasteiger partial charge on any atom is 0.193 e. The Bertz CT molecular complexity index is 494.